The van der Waals surface area contributed by atoms with Crippen LogP contribution in [0, 0.1) is 11.8 Å². The van der Waals surface area contributed by atoms with Gasteiger partial charge in [0, 0.05) is 0 Å². The minimum absolute atomic E-state index is 0.357. The maximum atomic E-state index is 9.54. The third-order valence-corrected chi connectivity index (χ3v) is 4.67. The zero-order chi connectivity index (χ0) is 16.8. The molecule has 0 radical (unpaired) electrons. The predicted molar refractivity (Wildman–Crippen MR) is 95.9 cm³/mol. The second-order valence-corrected chi connectivity index (χ2v) is 6.94. The Balaban J connectivity index is 1.42. The number of benzene rings is 1. The highest BCUT2D eigenvalue weighted by molar-refractivity contribution is 5.29. The van der Waals surface area contributed by atoms with Crippen molar-refractivity contribution in [3.8, 4) is 5.75 Å². The summed E-state index contributed by atoms with van der Waals surface area (Å²) in [6.07, 6.45) is 11.7. The van der Waals surface area contributed by atoms with Gasteiger partial charge in [0.25, 0.3) is 0 Å². The molecule has 2 unspecified atom stereocenters. The highest BCUT2D eigenvalue weighted by Crippen LogP contribution is 2.30. The van der Waals surface area contributed by atoms with E-state index in [1.807, 2.05) is 19.1 Å². The van der Waals surface area contributed by atoms with E-state index in [0.29, 0.717) is 18.9 Å². The summed E-state index contributed by atoms with van der Waals surface area (Å²) in [6.45, 7) is 3.19. The number of allylic oxidation sites excluding steroid dienone is 3. The third-order valence-electron chi connectivity index (χ3n) is 4.67. The summed E-state index contributed by atoms with van der Waals surface area (Å²) in [6, 6.07) is 8.21. The smallest absolute Gasteiger partial charge is 0.119 e. The molecular weight excluding hydrogens is 300 g/mol. The Morgan fingerprint density at radius 2 is 1.96 bits per heavy atom. The fraction of sp³-hybridized carbons (Fsp3) is 0.524. The molecule has 0 aromatic heterocycles. The minimum Gasteiger partial charge on any atom is -0.494 e. The first-order valence-corrected chi connectivity index (χ1v) is 9.14. The second-order valence-electron chi connectivity index (χ2n) is 6.94. The molecule has 3 nitrogen and oxygen atoms in total. The van der Waals surface area contributed by atoms with Gasteiger partial charge >= 0.3 is 0 Å². The lowest BCUT2D eigenvalue weighted by atomic mass is 9.93. The molecule has 1 saturated carbocycles. The van der Waals surface area contributed by atoms with Gasteiger partial charge in [0.2, 0.25) is 0 Å². The maximum Gasteiger partial charge on any atom is 0.119 e. The number of rotatable bonds is 9. The number of aliphatic hydroxyl groups is 1. The Morgan fingerprint density at radius 3 is 2.58 bits per heavy atom. The van der Waals surface area contributed by atoms with Gasteiger partial charge in [0.1, 0.15) is 18.1 Å². The lowest BCUT2D eigenvalue weighted by Crippen LogP contribution is -2.15. The summed E-state index contributed by atoms with van der Waals surface area (Å²) >= 11 is 0. The SMILES string of the molecule is CCC(O)COc1ccc(CC2C=CC(OCC3CC3)=CC2)cc1. The lowest BCUT2D eigenvalue weighted by molar-refractivity contribution is 0.104. The standard InChI is InChI=1S/C21H28O3/c1-2-19(22)15-24-21-11-7-17(8-12-21)13-16-5-9-20(10-6-16)23-14-18-3-4-18/h5,7-12,16,18-19,22H,2-4,6,13-15H2,1H3. The molecule has 0 amide bonds. The van der Waals surface area contributed by atoms with E-state index < -0.39 is 0 Å². The average molecular weight is 328 g/mol. The van der Waals surface area contributed by atoms with E-state index >= 15 is 0 Å². The lowest BCUT2D eigenvalue weighted by Gasteiger charge is -2.17. The van der Waals surface area contributed by atoms with Crippen molar-refractivity contribution in [3.05, 3.63) is 53.8 Å². The minimum atomic E-state index is -0.389. The Bertz CT molecular complexity index is 569. The summed E-state index contributed by atoms with van der Waals surface area (Å²) in [7, 11) is 0. The van der Waals surface area contributed by atoms with Crippen LogP contribution in [-0.2, 0) is 11.2 Å². The highest BCUT2D eigenvalue weighted by atomic mass is 16.5. The molecule has 2 aliphatic carbocycles. The van der Waals surface area contributed by atoms with Crippen molar-refractivity contribution in [1.82, 2.24) is 0 Å². The van der Waals surface area contributed by atoms with Crippen molar-refractivity contribution in [2.75, 3.05) is 13.2 Å². The van der Waals surface area contributed by atoms with Crippen molar-refractivity contribution >= 4 is 0 Å². The molecule has 3 heteroatoms. The topological polar surface area (TPSA) is 38.7 Å². The first kappa shape index (κ1) is 17.1. The van der Waals surface area contributed by atoms with Crippen molar-refractivity contribution in [3.63, 3.8) is 0 Å². The molecule has 130 valence electrons. The second kappa shape index (κ2) is 8.39. The molecule has 2 aliphatic rings. The molecule has 0 saturated heterocycles. The number of aliphatic hydroxyl groups excluding tert-OH is 1. The molecule has 3 rings (SSSR count). The fourth-order valence-electron chi connectivity index (χ4n) is 2.74. The molecular formula is C21H28O3. The Hall–Kier alpha value is -1.74. The van der Waals surface area contributed by atoms with Gasteiger partial charge in [-0.15, -0.1) is 0 Å². The van der Waals surface area contributed by atoms with Gasteiger partial charge in [-0.3, -0.25) is 0 Å². The van der Waals surface area contributed by atoms with Gasteiger partial charge in [0.15, 0.2) is 0 Å². The molecule has 1 aromatic rings. The van der Waals surface area contributed by atoms with Crippen LogP contribution in [0.2, 0.25) is 0 Å². The normalized spacial score (nSPS) is 21.2. The summed E-state index contributed by atoms with van der Waals surface area (Å²) in [5, 5.41) is 9.54. The molecule has 1 fully saturated rings. The van der Waals surface area contributed by atoms with E-state index in [1.54, 1.807) is 0 Å². The third kappa shape index (κ3) is 5.41. The zero-order valence-electron chi connectivity index (χ0n) is 14.5. The zero-order valence-corrected chi connectivity index (χ0v) is 14.5. The molecule has 1 aromatic carbocycles. The molecule has 2 atom stereocenters. The molecule has 24 heavy (non-hydrogen) atoms. The van der Waals surface area contributed by atoms with Gasteiger partial charge in [0.05, 0.1) is 12.7 Å². The van der Waals surface area contributed by atoms with Crippen molar-refractivity contribution in [2.45, 2.75) is 45.1 Å². The summed E-state index contributed by atoms with van der Waals surface area (Å²) in [5.74, 6) is 3.20. The Labute approximate surface area is 145 Å². The van der Waals surface area contributed by atoms with Crippen molar-refractivity contribution in [1.29, 1.82) is 0 Å². The van der Waals surface area contributed by atoms with Crippen LogP contribution in [0.25, 0.3) is 0 Å². The fourth-order valence-corrected chi connectivity index (χ4v) is 2.74. The van der Waals surface area contributed by atoms with E-state index in [4.69, 9.17) is 9.47 Å². The first-order chi connectivity index (χ1) is 11.7. The van der Waals surface area contributed by atoms with Gasteiger partial charge in [-0.25, -0.2) is 0 Å². The summed E-state index contributed by atoms with van der Waals surface area (Å²) < 4.78 is 11.4. The van der Waals surface area contributed by atoms with Gasteiger partial charge in [-0.05, 0) is 73.8 Å². The van der Waals surface area contributed by atoms with Crippen molar-refractivity contribution < 1.29 is 14.6 Å². The highest BCUT2D eigenvalue weighted by Gasteiger charge is 2.22. The van der Waals surface area contributed by atoms with E-state index in [9.17, 15) is 5.11 Å². The van der Waals surface area contributed by atoms with Crippen LogP contribution >= 0.6 is 0 Å². The van der Waals surface area contributed by atoms with E-state index in [-0.39, 0.29) is 6.10 Å². The number of hydrogen-bond acceptors (Lipinski definition) is 3. The van der Waals surface area contributed by atoms with Crippen LogP contribution in [0.15, 0.2) is 48.3 Å². The molecule has 0 aliphatic heterocycles. The monoisotopic (exact) mass is 328 g/mol. The predicted octanol–water partition coefficient (Wildman–Crippen LogP) is 4.27. The van der Waals surface area contributed by atoms with Gasteiger partial charge < -0.3 is 14.6 Å². The van der Waals surface area contributed by atoms with Crippen LogP contribution in [0.3, 0.4) is 0 Å². The number of hydrogen-bond donors (Lipinski definition) is 1. The maximum absolute atomic E-state index is 9.54. The number of ether oxygens (including phenoxy) is 2. The van der Waals surface area contributed by atoms with Gasteiger partial charge in [-0.2, -0.15) is 0 Å². The van der Waals surface area contributed by atoms with E-state index in [1.165, 1.54) is 18.4 Å². The molecule has 0 spiro atoms. The average Bonchev–Trinajstić information content (AvgIpc) is 3.45. The van der Waals surface area contributed by atoms with Gasteiger partial charge in [-0.1, -0.05) is 25.1 Å². The van der Waals surface area contributed by atoms with E-state index in [0.717, 1.165) is 36.9 Å². The Morgan fingerprint density at radius 1 is 1.17 bits per heavy atom. The molecule has 0 bridgehead atoms. The first-order valence-electron chi connectivity index (χ1n) is 9.14. The van der Waals surface area contributed by atoms with E-state index in [2.05, 4.69) is 30.4 Å². The van der Waals surface area contributed by atoms with Crippen LogP contribution in [-0.4, -0.2) is 24.4 Å². The largest absolute Gasteiger partial charge is 0.494 e. The molecule has 0 heterocycles. The van der Waals surface area contributed by atoms with Crippen LogP contribution in [0.5, 0.6) is 5.75 Å². The quantitative estimate of drug-likeness (QED) is 0.736. The van der Waals surface area contributed by atoms with Crippen LogP contribution in [0.1, 0.15) is 38.2 Å². The van der Waals surface area contributed by atoms with Crippen molar-refractivity contribution in [2.24, 2.45) is 11.8 Å². The van der Waals surface area contributed by atoms with Crippen LogP contribution < -0.4 is 4.74 Å². The summed E-state index contributed by atoms with van der Waals surface area (Å²) in [5.41, 5.74) is 1.31. The summed E-state index contributed by atoms with van der Waals surface area (Å²) in [4.78, 5) is 0. The van der Waals surface area contributed by atoms with Crippen LogP contribution in [0.4, 0.5) is 0 Å². The molecule has 1 N–H and O–H groups in total. The Kier molecular flexibility index (Phi) is 5.97.